The van der Waals surface area contributed by atoms with Gasteiger partial charge in [-0.2, -0.15) is 0 Å². The molecule has 1 saturated heterocycles. The van der Waals surface area contributed by atoms with E-state index in [1.54, 1.807) is 7.11 Å². The smallest absolute Gasteiger partial charge is 0.191 e. The van der Waals surface area contributed by atoms with Crippen LogP contribution in [0.15, 0.2) is 29.3 Å². The molecule has 1 aliphatic heterocycles. The molecule has 0 bridgehead atoms. The quantitative estimate of drug-likeness (QED) is 0.359. The van der Waals surface area contributed by atoms with Crippen LogP contribution in [-0.4, -0.2) is 69.9 Å². The lowest BCUT2D eigenvalue weighted by molar-refractivity contribution is -0.00833. The highest BCUT2D eigenvalue weighted by Crippen LogP contribution is 2.15. The Bertz CT molecular complexity index is 543. The molecule has 26 heavy (non-hydrogen) atoms. The van der Waals surface area contributed by atoms with Crippen molar-refractivity contribution in [3.8, 4) is 5.75 Å². The molecule has 1 aliphatic rings. The normalized spacial score (nSPS) is 15.9. The molecule has 0 unspecified atom stereocenters. The molecule has 0 atom stereocenters. The standard InChI is InChI=1S/C19H32N4O2.HI/c1-19(2,23-11-13-25-14-12-23)15-22-18(20-3)21-10-9-16-5-7-17(24-4)8-6-16;/h5-8H,9-15H2,1-4H3,(H2,20,21,22);1H. The number of hydrogen-bond acceptors (Lipinski definition) is 4. The summed E-state index contributed by atoms with van der Waals surface area (Å²) in [6.45, 7) is 9.80. The maximum atomic E-state index is 5.45. The van der Waals surface area contributed by atoms with Gasteiger partial charge in [0.15, 0.2) is 5.96 Å². The van der Waals surface area contributed by atoms with Gasteiger partial charge in [0, 0.05) is 38.8 Å². The summed E-state index contributed by atoms with van der Waals surface area (Å²) in [4.78, 5) is 6.79. The number of benzene rings is 1. The van der Waals surface area contributed by atoms with E-state index >= 15 is 0 Å². The first-order valence-corrected chi connectivity index (χ1v) is 8.95. The van der Waals surface area contributed by atoms with E-state index in [-0.39, 0.29) is 29.5 Å². The molecular formula is C19H33IN4O2. The zero-order valence-corrected chi connectivity index (χ0v) is 18.7. The van der Waals surface area contributed by atoms with Gasteiger partial charge in [-0.25, -0.2) is 0 Å². The molecule has 0 aliphatic carbocycles. The average molecular weight is 476 g/mol. The van der Waals surface area contributed by atoms with Gasteiger partial charge in [-0.3, -0.25) is 9.89 Å². The number of morpholine rings is 1. The number of halogens is 1. The molecule has 0 amide bonds. The van der Waals surface area contributed by atoms with Crippen molar-refractivity contribution in [3.63, 3.8) is 0 Å². The summed E-state index contributed by atoms with van der Waals surface area (Å²) in [5.74, 6) is 1.73. The fourth-order valence-corrected chi connectivity index (χ4v) is 2.92. The topological polar surface area (TPSA) is 58.1 Å². The predicted octanol–water partition coefficient (Wildman–Crippen LogP) is 2.13. The number of aliphatic imine (C=N–C) groups is 1. The van der Waals surface area contributed by atoms with Crippen LogP contribution >= 0.6 is 24.0 Å². The van der Waals surface area contributed by atoms with Crippen LogP contribution in [0.3, 0.4) is 0 Å². The summed E-state index contributed by atoms with van der Waals surface area (Å²) in [6.07, 6.45) is 0.942. The van der Waals surface area contributed by atoms with Crippen LogP contribution in [-0.2, 0) is 11.2 Å². The summed E-state index contributed by atoms with van der Waals surface area (Å²) < 4.78 is 10.6. The van der Waals surface area contributed by atoms with E-state index in [9.17, 15) is 0 Å². The van der Waals surface area contributed by atoms with E-state index in [1.165, 1.54) is 5.56 Å². The number of hydrogen-bond donors (Lipinski definition) is 2. The minimum atomic E-state index is 0. The van der Waals surface area contributed by atoms with E-state index in [0.29, 0.717) is 0 Å². The first-order chi connectivity index (χ1) is 12.0. The number of nitrogens with one attached hydrogen (secondary N) is 2. The second-order valence-corrected chi connectivity index (χ2v) is 6.86. The summed E-state index contributed by atoms with van der Waals surface area (Å²) in [7, 11) is 3.50. The summed E-state index contributed by atoms with van der Waals surface area (Å²) in [5.41, 5.74) is 1.34. The van der Waals surface area contributed by atoms with Gasteiger partial charge in [-0.05, 0) is 38.0 Å². The van der Waals surface area contributed by atoms with Crippen molar-refractivity contribution in [1.29, 1.82) is 0 Å². The first kappa shape index (κ1) is 23.0. The maximum Gasteiger partial charge on any atom is 0.191 e. The van der Waals surface area contributed by atoms with E-state index in [2.05, 4.69) is 46.5 Å². The van der Waals surface area contributed by atoms with Crippen LogP contribution in [0.1, 0.15) is 19.4 Å². The Kier molecular flexibility index (Phi) is 10.3. The zero-order chi connectivity index (χ0) is 18.1. The predicted molar refractivity (Wildman–Crippen MR) is 118 cm³/mol. The molecule has 1 aromatic carbocycles. The van der Waals surface area contributed by atoms with Crippen LogP contribution < -0.4 is 15.4 Å². The SMILES string of the molecule is CN=C(NCCc1ccc(OC)cc1)NCC(C)(C)N1CCOCC1.I. The number of nitrogens with zero attached hydrogens (tertiary/aromatic N) is 2. The highest BCUT2D eigenvalue weighted by Gasteiger charge is 2.28. The lowest BCUT2D eigenvalue weighted by atomic mass is 10.0. The Balaban J connectivity index is 0.00000338. The largest absolute Gasteiger partial charge is 0.497 e. The molecule has 1 heterocycles. The third-order valence-corrected chi connectivity index (χ3v) is 4.64. The van der Waals surface area contributed by atoms with Crippen molar-refractivity contribution in [1.82, 2.24) is 15.5 Å². The Morgan fingerprint density at radius 3 is 2.42 bits per heavy atom. The van der Waals surface area contributed by atoms with Gasteiger partial charge < -0.3 is 20.1 Å². The third-order valence-electron chi connectivity index (χ3n) is 4.64. The van der Waals surface area contributed by atoms with Gasteiger partial charge >= 0.3 is 0 Å². The van der Waals surface area contributed by atoms with E-state index in [4.69, 9.17) is 9.47 Å². The van der Waals surface area contributed by atoms with Gasteiger partial charge in [0.1, 0.15) is 5.75 Å². The van der Waals surface area contributed by atoms with Crippen molar-refractivity contribution >= 4 is 29.9 Å². The van der Waals surface area contributed by atoms with Crippen molar-refractivity contribution < 1.29 is 9.47 Å². The lowest BCUT2D eigenvalue weighted by Crippen LogP contribution is -2.56. The molecule has 0 aromatic heterocycles. The molecule has 1 aromatic rings. The Hall–Kier alpha value is -1.06. The fraction of sp³-hybridized carbons (Fsp3) is 0.632. The van der Waals surface area contributed by atoms with Crippen LogP contribution in [0.2, 0.25) is 0 Å². The number of methoxy groups -OCH3 is 1. The Labute approximate surface area is 174 Å². The van der Waals surface area contributed by atoms with Crippen molar-refractivity contribution in [2.45, 2.75) is 25.8 Å². The fourth-order valence-electron chi connectivity index (χ4n) is 2.92. The summed E-state index contributed by atoms with van der Waals surface area (Å²) in [5, 5.41) is 6.83. The number of guanidine groups is 1. The molecule has 6 nitrogen and oxygen atoms in total. The highest BCUT2D eigenvalue weighted by molar-refractivity contribution is 14.0. The lowest BCUT2D eigenvalue weighted by Gasteiger charge is -2.41. The van der Waals surface area contributed by atoms with Gasteiger partial charge in [0.05, 0.1) is 20.3 Å². The van der Waals surface area contributed by atoms with E-state index in [1.807, 2.05) is 19.2 Å². The van der Waals surface area contributed by atoms with Crippen molar-refractivity contribution in [2.75, 3.05) is 53.6 Å². The van der Waals surface area contributed by atoms with E-state index in [0.717, 1.165) is 57.5 Å². The number of ether oxygens (including phenoxy) is 2. The maximum absolute atomic E-state index is 5.45. The van der Waals surface area contributed by atoms with Gasteiger partial charge in [0.2, 0.25) is 0 Å². The second-order valence-electron chi connectivity index (χ2n) is 6.86. The van der Waals surface area contributed by atoms with Crippen molar-refractivity contribution in [3.05, 3.63) is 29.8 Å². The van der Waals surface area contributed by atoms with Gasteiger partial charge in [0.25, 0.3) is 0 Å². The number of rotatable bonds is 7. The van der Waals surface area contributed by atoms with Crippen LogP contribution in [0.5, 0.6) is 5.75 Å². The molecule has 1 fully saturated rings. The molecule has 7 heteroatoms. The third kappa shape index (κ3) is 7.28. The monoisotopic (exact) mass is 476 g/mol. The molecule has 2 N–H and O–H groups in total. The molecule has 0 radical (unpaired) electrons. The average Bonchev–Trinajstić information content (AvgIpc) is 2.65. The molecule has 148 valence electrons. The van der Waals surface area contributed by atoms with Crippen LogP contribution in [0, 0.1) is 0 Å². The molecule has 0 spiro atoms. The molecule has 2 rings (SSSR count). The summed E-state index contributed by atoms with van der Waals surface area (Å²) >= 11 is 0. The van der Waals surface area contributed by atoms with Gasteiger partial charge in [-0.15, -0.1) is 24.0 Å². The summed E-state index contributed by atoms with van der Waals surface area (Å²) in [6, 6.07) is 8.18. The van der Waals surface area contributed by atoms with Crippen LogP contribution in [0.4, 0.5) is 0 Å². The second kappa shape index (κ2) is 11.6. The van der Waals surface area contributed by atoms with Gasteiger partial charge in [-0.1, -0.05) is 12.1 Å². The van der Waals surface area contributed by atoms with Crippen molar-refractivity contribution in [2.24, 2.45) is 4.99 Å². The minimum Gasteiger partial charge on any atom is -0.497 e. The van der Waals surface area contributed by atoms with E-state index < -0.39 is 0 Å². The molecule has 0 saturated carbocycles. The first-order valence-electron chi connectivity index (χ1n) is 8.95. The Morgan fingerprint density at radius 1 is 1.19 bits per heavy atom. The Morgan fingerprint density at radius 2 is 1.85 bits per heavy atom. The minimum absolute atomic E-state index is 0. The molecular weight excluding hydrogens is 443 g/mol. The van der Waals surface area contributed by atoms with Crippen LogP contribution in [0.25, 0.3) is 0 Å². The zero-order valence-electron chi connectivity index (χ0n) is 16.4. The highest BCUT2D eigenvalue weighted by atomic mass is 127.